The van der Waals surface area contributed by atoms with Gasteiger partial charge < -0.3 is 25.0 Å². The average Bonchev–Trinajstić information content (AvgIpc) is 3.54. The predicted molar refractivity (Wildman–Crippen MR) is 129 cm³/mol. The van der Waals surface area contributed by atoms with E-state index in [0.29, 0.717) is 25.7 Å². The zero-order chi connectivity index (χ0) is 20.6. The molecular weight excluding hydrogens is 497 g/mol. The van der Waals surface area contributed by atoms with Crippen LogP contribution in [0.4, 0.5) is 0 Å². The first-order chi connectivity index (χ1) is 14.1. The summed E-state index contributed by atoms with van der Waals surface area (Å²) in [5.74, 6) is 2.51. The zero-order valence-corrected chi connectivity index (χ0v) is 20.5. The van der Waals surface area contributed by atoms with Gasteiger partial charge in [-0.05, 0) is 37.5 Å². The van der Waals surface area contributed by atoms with Crippen LogP contribution in [0.2, 0.25) is 0 Å². The molecule has 1 aliphatic carbocycles. The minimum absolute atomic E-state index is 0. The highest BCUT2D eigenvalue weighted by Crippen LogP contribution is 2.28. The number of carbonyl (C=O) groups is 1. The summed E-state index contributed by atoms with van der Waals surface area (Å²) in [5.41, 5.74) is 1.10. The lowest BCUT2D eigenvalue weighted by Gasteiger charge is -2.36. The van der Waals surface area contributed by atoms with E-state index in [1.165, 1.54) is 0 Å². The lowest BCUT2D eigenvalue weighted by Crippen LogP contribution is -2.54. The van der Waals surface area contributed by atoms with Crippen molar-refractivity contribution in [1.29, 1.82) is 0 Å². The van der Waals surface area contributed by atoms with Gasteiger partial charge in [0, 0.05) is 45.8 Å². The summed E-state index contributed by atoms with van der Waals surface area (Å²) in [6, 6.07) is 6.38. The molecule has 8 nitrogen and oxygen atoms in total. The molecule has 30 heavy (non-hydrogen) atoms. The van der Waals surface area contributed by atoms with Crippen LogP contribution in [-0.2, 0) is 11.3 Å². The Kier molecular flexibility index (Phi) is 9.96. The van der Waals surface area contributed by atoms with Gasteiger partial charge in [-0.1, -0.05) is 6.07 Å². The highest BCUT2D eigenvalue weighted by Gasteiger charge is 2.25. The summed E-state index contributed by atoms with van der Waals surface area (Å²) in [6.45, 7) is 7.11. The number of aliphatic imine (C=N–C) groups is 1. The number of carbonyl (C=O) groups excluding carboxylic acids is 1. The van der Waals surface area contributed by atoms with Crippen molar-refractivity contribution in [3.63, 3.8) is 0 Å². The van der Waals surface area contributed by atoms with Crippen LogP contribution >= 0.6 is 24.0 Å². The van der Waals surface area contributed by atoms with Gasteiger partial charge in [-0.15, -0.1) is 24.0 Å². The third kappa shape index (κ3) is 7.19. The van der Waals surface area contributed by atoms with Gasteiger partial charge in [0.2, 0.25) is 5.91 Å². The lowest BCUT2D eigenvalue weighted by atomic mass is 10.2. The Balaban J connectivity index is 0.00000320. The van der Waals surface area contributed by atoms with Gasteiger partial charge in [0.15, 0.2) is 17.5 Å². The van der Waals surface area contributed by atoms with E-state index in [1.807, 2.05) is 25.1 Å². The third-order valence-electron chi connectivity index (χ3n) is 5.17. The molecule has 3 rings (SSSR count). The molecule has 168 valence electrons. The number of guanidine groups is 1. The van der Waals surface area contributed by atoms with Crippen molar-refractivity contribution in [3.05, 3.63) is 23.8 Å². The number of methoxy groups -OCH3 is 1. The summed E-state index contributed by atoms with van der Waals surface area (Å²) in [6.07, 6.45) is 2.25. The molecule has 2 N–H and O–H groups in total. The summed E-state index contributed by atoms with van der Waals surface area (Å²) >= 11 is 0. The summed E-state index contributed by atoms with van der Waals surface area (Å²) < 4.78 is 11.0. The van der Waals surface area contributed by atoms with E-state index in [0.717, 1.165) is 62.0 Å². The molecule has 1 heterocycles. The molecule has 9 heteroatoms. The van der Waals surface area contributed by atoms with Crippen molar-refractivity contribution in [2.24, 2.45) is 4.99 Å². The Morgan fingerprint density at radius 1 is 1.20 bits per heavy atom. The van der Waals surface area contributed by atoms with Crippen molar-refractivity contribution in [1.82, 2.24) is 20.4 Å². The first-order valence-electron chi connectivity index (χ1n) is 10.4. The number of amides is 1. The predicted octanol–water partition coefficient (Wildman–Crippen LogP) is 1.68. The van der Waals surface area contributed by atoms with E-state index in [-0.39, 0.29) is 29.9 Å². The number of hydrogen-bond acceptors (Lipinski definition) is 5. The molecule has 1 aromatic rings. The summed E-state index contributed by atoms with van der Waals surface area (Å²) in [5, 5.41) is 6.49. The van der Waals surface area contributed by atoms with Crippen molar-refractivity contribution in [3.8, 4) is 11.5 Å². The quantitative estimate of drug-likeness (QED) is 0.302. The van der Waals surface area contributed by atoms with Gasteiger partial charge in [-0.25, -0.2) is 0 Å². The SMILES string of the molecule is CCOc1cc(CNC(=NC)N2CCN(CC(=O)NC3CC3)CC2)ccc1OC.I. The molecule has 1 aromatic carbocycles. The molecule has 0 radical (unpaired) electrons. The Morgan fingerprint density at radius 3 is 2.53 bits per heavy atom. The maximum Gasteiger partial charge on any atom is 0.234 e. The van der Waals surface area contributed by atoms with Gasteiger partial charge in [0.05, 0.1) is 20.3 Å². The fraction of sp³-hybridized carbons (Fsp3) is 0.619. The number of rotatable bonds is 8. The van der Waals surface area contributed by atoms with E-state index in [2.05, 4.69) is 25.4 Å². The second kappa shape index (κ2) is 12.2. The van der Waals surface area contributed by atoms with Crippen LogP contribution < -0.4 is 20.1 Å². The third-order valence-corrected chi connectivity index (χ3v) is 5.17. The topological polar surface area (TPSA) is 78.4 Å². The Labute approximate surface area is 196 Å². The first-order valence-corrected chi connectivity index (χ1v) is 10.4. The van der Waals surface area contributed by atoms with Gasteiger partial charge in [-0.3, -0.25) is 14.7 Å². The van der Waals surface area contributed by atoms with Crippen LogP contribution in [0.5, 0.6) is 11.5 Å². The van der Waals surface area contributed by atoms with Crippen molar-refractivity contribution in [2.45, 2.75) is 32.4 Å². The van der Waals surface area contributed by atoms with E-state index in [1.54, 1.807) is 14.2 Å². The highest BCUT2D eigenvalue weighted by atomic mass is 127. The van der Waals surface area contributed by atoms with Crippen LogP contribution in [0.15, 0.2) is 23.2 Å². The maximum absolute atomic E-state index is 12.0. The smallest absolute Gasteiger partial charge is 0.234 e. The molecule has 2 aliphatic rings. The Morgan fingerprint density at radius 2 is 1.93 bits per heavy atom. The minimum atomic E-state index is 0. The molecule has 0 atom stereocenters. The van der Waals surface area contributed by atoms with E-state index in [4.69, 9.17) is 9.47 Å². The molecule has 1 saturated heterocycles. The van der Waals surface area contributed by atoms with Crippen molar-refractivity contribution >= 4 is 35.8 Å². The van der Waals surface area contributed by atoms with Gasteiger partial charge in [0.1, 0.15) is 0 Å². The van der Waals surface area contributed by atoms with Gasteiger partial charge in [0.25, 0.3) is 0 Å². The largest absolute Gasteiger partial charge is 0.493 e. The molecule has 1 amide bonds. The van der Waals surface area contributed by atoms with Crippen LogP contribution in [0.25, 0.3) is 0 Å². The minimum Gasteiger partial charge on any atom is -0.493 e. The second-order valence-electron chi connectivity index (χ2n) is 7.42. The number of hydrogen-bond donors (Lipinski definition) is 2. The maximum atomic E-state index is 12.0. The summed E-state index contributed by atoms with van der Waals surface area (Å²) in [7, 11) is 3.45. The first kappa shape index (κ1) is 24.5. The van der Waals surface area contributed by atoms with Gasteiger partial charge in [-0.2, -0.15) is 0 Å². The highest BCUT2D eigenvalue weighted by molar-refractivity contribution is 14.0. The number of nitrogens with one attached hydrogen (secondary N) is 2. The van der Waals surface area contributed by atoms with Gasteiger partial charge >= 0.3 is 0 Å². The molecule has 1 saturated carbocycles. The van der Waals surface area contributed by atoms with Crippen molar-refractivity contribution in [2.75, 3.05) is 53.5 Å². The van der Waals surface area contributed by atoms with Crippen LogP contribution in [-0.4, -0.2) is 81.2 Å². The fourth-order valence-corrected chi connectivity index (χ4v) is 3.43. The number of benzene rings is 1. The molecule has 0 spiro atoms. The molecule has 2 fully saturated rings. The van der Waals surface area contributed by atoms with E-state index >= 15 is 0 Å². The number of piperazine rings is 1. The normalized spacial score (nSPS) is 17.2. The monoisotopic (exact) mass is 531 g/mol. The van der Waals surface area contributed by atoms with E-state index in [9.17, 15) is 4.79 Å². The molecular formula is C21H34IN5O3. The standard InChI is InChI=1S/C21H33N5O3.HI/c1-4-29-19-13-16(5-8-18(19)28-3)14-23-21(22-2)26-11-9-25(10-12-26)15-20(27)24-17-6-7-17;/h5,8,13,17H,4,6-7,9-12,14-15H2,1-3H3,(H,22,23)(H,24,27);1H. The van der Waals surface area contributed by atoms with Crippen molar-refractivity contribution < 1.29 is 14.3 Å². The average molecular weight is 531 g/mol. The number of ether oxygens (including phenoxy) is 2. The van der Waals surface area contributed by atoms with Crippen LogP contribution in [0.3, 0.4) is 0 Å². The molecule has 0 bridgehead atoms. The van der Waals surface area contributed by atoms with Crippen LogP contribution in [0.1, 0.15) is 25.3 Å². The molecule has 0 aromatic heterocycles. The number of halogens is 1. The fourth-order valence-electron chi connectivity index (χ4n) is 3.43. The Hall–Kier alpha value is -1.75. The van der Waals surface area contributed by atoms with Crippen LogP contribution in [0, 0.1) is 0 Å². The van der Waals surface area contributed by atoms with E-state index < -0.39 is 0 Å². The lowest BCUT2D eigenvalue weighted by molar-refractivity contribution is -0.122. The summed E-state index contributed by atoms with van der Waals surface area (Å²) in [4.78, 5) is 20.9. The number of nitrogens with zero attached hydrogens (tertiary/aromatic N) is 3. The second-order valence-corrected chi connectivity index (χ2v) is 7.42. The molecule has 0 unspecified atom stereocenters. The zero-order valence-electron chi connectivity index (χ0n) is 18.1. The Bertz CT molecular complexity index is 719. The molecule has 1 aliphatic heterocycles.